The lowest BCUT2D eigenvalue weighted by molar-refractivity contribution is -0.143. The first-order valence-corrected chi connectivity index (χ1v) is 5.96. The number of hydrogen-bond acceptors (Lipinski definition) is 3. The molecule has 0 spiro atoms. The summed E-state index contributed by atoms with van der Waals surface area (Å²) in [6.07, 6.45) is 7.53. The summed E-state index contributed by atoms with van der Waals surface area (Å²) in [6, 6.07) is 0. The van der Waals surface area contributed by atoms with Crippen molar-refractivity contribution in [3.05, 3.63) is 0 Å². The van der Waals surface area contributed by atoms with Crippen LogP contribution in [0.5, 0.6) is 0 Å². The first-order chi connectivity index (χ1) is 7.29. The molecule has 0 saturated carbocycles. The van der Waals surface area contributed by atoms with E-state index in [4.69, 9.17) is 4.74 Å². The van der Waals surface area contributed by atoms with Crippen LogP contribution in [0.25, 0.3) is 0 Å². The molecule has 0 unspecified atom stereocenters. The number of esters is 1. The molecular formula is C12H20O3. The van der Waals surface area contributed by atoms with E-state index >= 15 is 0 Å². The lowest BCUT2D eigenvalue weighted by atomic mass is 10.1. The monoisotopic (exact) mass is 212 g/mol. The van der Waals surface area contributed by atoms with Crippen molar-refractivity contribution in [2.75, 3.05) is 6.61 Å². The largest absolute Gasteiger partial charge is 0.466 e. The first-order valence-electron chi connectivity index (χ1n) is 5.96. The van der Waals surface area contributed by atoms with Gasteiger partial charge in [-0.2, -0.15) is 0 Å². The molecule has 1 rings (SSSR count). The Labute approximate surface area is 91.2 Å². The van der Waals surface area contributed by atoms with E-state index < -0.39 is 0 Å². The Hall–Kier alpha value is -0.860. The quantitative estimate of drug-likeness (QED) is 0.580. The molecule has 1 aliphatic rings. The summed E-state index contributed by atoms with van der Waals surface area (Å²) >= 11 is 0. The molecule has 3 nitrogen and oxygen atoms in total. The third kappa shape index (κ3) is 6.26. The minimum atomic E-state index is -0.0828. The highest BCUT2D eigenvalue weighted by Gasteiger charge is 2.06. The molecule has 0 aromatic carbocycles. The summed E-state index contributed by atoms with van der Waals surface area (Å²) in [4.78, 5) is 22.5. The highest BCUT2D eigenvalue weighted by molar-refractivity contribution is 5.78. The van der Waals surface area contributed by atoms with Crippen molar-refractivity contribution >= 4 is 11.8 Å². The topological polar surface area (TPSA) is 43.4 Å². The fraction of sp³-hybridized carbons (Fsp3) is 0.833. The predicted octanol–water partition coefficient (Wildman–Crippen LogP) is 2.62. The van der Waals surface area contributed by atoms with E-state index in [1.54, 1.807) is 0 Å². The molecule has 0 aromatic heterocycles. The maximum absolute atomic E-state index is 11.3. The molecule has 15 heavy (non-hydrogen) atoms. The third-order valence-electron chi connectivity index (χ3n) is 2.70. The molecule has 1 fully saturated rings. The Balaban J connectivity index is 2.26. The van der Waals surface area contributed by atoms with Crippen LogP contribution in [0, 0.1) is 0 Å². The Morgan fingerprint density at radius 1 is 0.733 bits per heavy atom. The van der Waals surface area contributed by atoms with Crippen molar-refractivity contribution in [2.24, 2.45) is 0 Å². The molecule has 1 saturated heterocycles. The standard InChI is InChI=1S/C12H20O3/c13-11-7-3-1-2-4-9-12(14)15-10-6-5-8-11/h1-10H2. The summed E-state index contributed by atoms with van der Waals surface area (Å²) in [5.41, 5.74) is 0. The van der Waals surface area contributed by atoms with E-state index in [9.17, 15) is 9.59 Å². The van der Waals surface area contributed by atoms with Crippen molar-refractivity contribution in [2.45, 2.75) is 57.8 Å². The number of carbonyl (C=O) groups is 2. The van der Waals surface area contributed by atoms with E-state index in [1.807, 2.05) is 0 Å². The van der Waals surface area contributed by atoms with Crippen LogP contribution in [0.4, 0.5) is 0 Å². The molecule has 0 radical (unpaired) electrons. The lowest BCUT2D eigenvalue weighted by Gasteiger charge is -2.03. The van der Waals surface area contributed by atoms with Crippen LogP contribution in [0.1, 0.15) is 57.8 Å². The number of Topliss-reactive ketones (excluding diaryl/α,β-unsaturated/α-hetero) is 1. The van der Waals surface area contributed by atoms with Gasteiger partial charge >= 0.3 is 5.97 Å². The Morgan fingerprint density at radius 2 is 1.33 bits per heavy atom. The highest BCUT2D eigenvalue weighted by atomic mass is 16.5. The minimum absolute atomic E-state index is 0.0828. The maximum atomic E-state index is 11.3. The molecular weight excluding hydrogens is 192 g/mol. The Morgan fingerprint density at radius 3 is 2.07 bits per heavy atom. The van der Waals surface area contributed by atoms with Gasteiger partial charge in [0.1, 0.15) is 5.78 Å². The first kappa shape index (κ1) is 12.2. The molecule has 0 amide bonds. The number of carbonyl (C=O) groups excluding carboxylic acids is 2. The Bertz CT molecular complexity index is 189. The van der Waals surface area contributed by atoms with Gasteiger partial charge in [0, 0.05) is 19.3 Å². The maximum Gasteiger partial charge on any atom is 0.305 e. The molecule has 0 N–H and O–H groups in total. The second kappa shape index (κ2) is 7.43. The van der Waals surface area contributed by atoms with Crippen molar-refractivity contribution in [3.63, 3.8) is 0 Å². The van der Waals surface area contributed by atoms with E-state index in [-0.39, 0.29) is 5.97 Å². The van der Waals surface area contributed by atoms with Gasteiger partial charge in [-0.05, 0) is 25.7 Å². The van der Waals surface area contributed by atoms with Gasteiger partial charge in [0.25, 0.3) is 0 Å². The van der Waals surface area contributed by atoms with Gasteiger partial charge in [-0.25, -0.2) is 0 Å². The second-order valence-electron chi connectivity index (χ2n) is 4.13. The number of rotatable bonds is 0. The second-order valence-corrected chi connectivity index (χ2v) is 4.13. The van der Waals surface area contributed by atoms with Crippen molar-refractivity contribution < 1.29 is 14.3 Å². The third-order valence-corrected chi connectivity index (χ3v) is 2.70. The van der Waals surface area contributed by atoms with Crippen LogP contribution in [-0.2, 0) is 14.3 Å². The van der Waals surface area contributed by atoms with Gasteiger partial charge in [0.15, 0.2) is 0 Å². The molecule has 3 heteroatoms. The van der Waals surface area contributed by atoms with E-state index in [2.05, 4.69) is 0 Å². The van der Waals surface area contributed by atoms with Gasteiger partial charge in [-0.1, -0.05) is 12.8 Å². The van der Waals surface area contributed by atoms with Crippen LogP contribution < -0.4 is 0 Å². The molecule has 1 heterocycles. The molecule has 0 aliphatic carbocycles. The zero-order chi connectivity index (χ0) is 10.9. The smallest absolute Gasteiger partial charge is 0.305 e. The van der Waals surface area contributed by atoms with Gasteiger partial charge in [-0.15, -0.1) is 0 Å². The van der Waals surface area contributed by atoms with Crippen LogP contribution in [0.2, 0.25) is 0 Å². The fourth-order valence-electron chi connectivity index (χ4n) is 1.75. The van der Waals surface area contributed by atoms with E-state index in [0.717, 1.165) is 44.9 Å². The summed E-state index contributed by atoms with van der Waals surface area (Å²) in [7, 11) is 0. The zero-order valence-electron chi connectivity index (χ0n) is 9.30. The molecule has 0 bridgehead atoms. The van der Waals surface area contributed by atoms with Gasteiger partial charge in [0.2, 0.25) is 0 Å². The van der Waals surface area contributed by atoms with Crippen molar-refractivity contribution in [1.82, 2.24) is 0 Å². The number of ether oxygens (including phenoxy) is 1. The highest BCUT2D eigenvalue weighted by Crippen LogP contribution is 2.10. The molecule has 1 aliphatic heterocycles. The zero-order valence-corrected chi connectivity index (χ0v) is 9.30. The lowest BCUT2D eigenvalue weighted by Crippen LogP contribution is -2.05. The number of ketones is 1. The van der Waals surface area contributed by atoms with Crippen LogP contribution in [0.3, 0.4) is 0 Å². The average Bonchev–Trinajstić information content (AvgIpc) is 2.23. The summed E-state index contributed by atoms with van der Waals surface area (Å²) in [6.45, 7) is 0.478. The van der Waals surface area contributed by atoms with Gasteiger partial charge in [0.05, 0.1) is 6.61 Å². The number of cyclic esters (lactones) is 1. The van der Waals surface area contributed by atoms with Crippen molar-refractivity contribution in [3.8, 4) is 0 Å². The SMILES string of the molecule is O=C1CCCCCCC(=O)OCCCC1. The summed E-state index contributed by atoms with van der Waals surface area (Å²) in [5, 5.41) is 0. The Kier molecular flexibility index (Phi) is 6.05. The van der Waals surface area contributed by atoms with Gasteiger partial charge < -0.3 is 4.74 Å². The van der Waals surface area contributed by atoms with Gasteiger partial charge in [-0.3, -0.25) is 9.59 Å². The van der Waals surface area contributed by atoms with Crippen LogP contribution in [-0.4, -0.2) is 18.4 Å². The number of hydrogen-bond donors (Lipinski definition) is 0. The van der Waals surface area contributed by atoms with E-state index in [0.29, 0.717) is 25.2 Å². The summed E-state index contributed by atoms with van der Waals surface area (Å²) < 4.78 is 5.04. The normalized spacial score (nSPS) is 22.1. The van der Waals surface area contributed by atoms with Crippen LogP contribution >= 0.6 is 0 Å². The minimum Gasteiger partial charge on any atom is -0.466 e. The van der Waals surface area contributed by atoms with E-state index in [1.165, 1.54) is 0 Å². The molecule has 86 valence electrons. The van der Waals surface area contributed by atoms with Crippen molar-refractivity contribution in [1.29, 1.82) is 0 Å². The van der Waals surface area contributed by atoms with Crippen LogP contribution in [0.15, 0.2) is 0 Å². The predicted molar refractivity (Wildman–Crippen MR) is 57.5 cm³/mol. The fourth-order valence-corrected chi connectivity index (χ4v) is 1.75. The molecule has 0 aromatic rings. The summed E-state index contributed by atoms with van der Waals surface area (Å²) in [5.74, 6) is 0.279. The average molecular weight is 212 g/mol. The molecule has 0 atom stereocenters.